The molecule has 0 radical (unpaired) electrons. The number of benzene rings is 4. The van der Waals surface area contributed by atoms with Gasteiger partial charge in [-0.25, -0.2) is 4.98 Å². The van der Waals surface area contributed by atoms with Crippen LogP contribution in [-0.4, -0.2) is 15.5 Å². The van der Waals surface area contributed by atoms with Crippen LogP contribution in [-0.2, 0) is 17.8 Å². The summed E-state index contributed by atoms with van der Waals surface area (Å²) in [5.41, 5.74) is 4.18. The average Bonchev–Trinajstić information content (AvgIpc) is 3.16. The maximum atomic E-state index is 13.0. The molecule has 0 saturated carbocycles. The minimum absolute atomic E-state index is 0.0244. The van der Waals surface area contributed by atoms with Crippen LogP contribution in [0.3, 0.4) is 0 Å². The lowest BCUT2D eigenvalue weighted by Crippen LogP contribution is -2.30. The number of nitrogens with one attached hydrogen (secondary N) is 1. The SMILES string of the molecule is CC(NC(=O)Cn1c(Cc2cccc3ccccc23)nc2ccccc21)c1ccccc1. The summed E-state index contributed by atoms with van der Waals surface area (Å²) in [4.78, 5) is 17.9. The molecule has 1 amide bonds. The maximum absolute atomic E-state index is 13.0. The zero-order valence-corrected chi connectivity index (χ0v) is 18.0. The van der Waals surface area contributed by atoms with E-state index in [-0.39, 0.29) is 18.5 Å². The van der Waals surface area contributed by atoms with Crippen molar-refractivity contribution in [1.29, 1.82) is 0 Å². The van der Waals surface area contributed by atoms with Crippen LogP contribution in [0.25, 0.3) is 21.8 Å². The average molecular weight is 420 g/mol. The van der Waals surface area contributed by atoms with E-state index in [1.165, 1.54) is 16.3 Å². The Kier molecular flexibility index (Phi) is 5.42. The summed E-state index contributed by atoms with van der Waals surface area (Å²) >= 11 is 0. The molecule has 4 heteroatoms. The minimum Gasteiger partial charge on any atom is -0.348 e. The summed E-state index contributed by atoms with van der Waals surface area (Å²) in [6, 6.07) is 32.7. The van der Waals surface area contributed by atoms with Crippen molar-refractivity contribution < 1.29 is 4.79 Å². The third-order valence-corrected chi connectivity index (χ3v) is 5.94. The van der Waals surface area contributed by atoms with Gasteiger partial charge in [0.15, 0.2) is 0 Å². The molecule has 1 unspecified atom stereocenters. The number of para-hydroxylation sites is 2. The number of fused-ring (bicyclic) bond motifs is 2. The molecule has 0 aliphatic carbocycles. The van der Waals surface area contributed by atoms with E-state index < -0.39 is 0 Å². The van der Waals surface area contributed by atoms with Gasteiger partial charge >= 0.3 is 0 Å². The molecule has 0 bridgehead atoms. The predicted octanol–water partition coefficient (Wildman–Crippen LogP) is 5.66. The third kappa shape index (κ3) is 4.00. The van der Waals surface area contributed by atoms with Crippen LogP contribution in [0.5, 0.6) is 0 Å². The van der Waals surface area contributed by atoms with E-state index in [1.54, 1.807) is 0 Å². The number of carbonyl (C=O) groups is 1. The van der Waals surface area contributed by atoms with Crippen molar-refractivity contribution in [3.8, 4) is 0 Å². The van der Waals surface area contributed by atoms with Crippen molar-refractivity contribution in [2.75, 3.05) is 0 Å². The molecule has 0 spiro atoms. The van der Waals surface area contributed by atoms with Crippen molar-refractivity contribution in [2.45, 2.75) is 25.9 Å². The van der Waals surface area contributed by atoms with Crippen LogP contribution in [0.4, 0.5) is 0 Å². The van der Waals surface area contributed by atoms with Crippen LogP contribution in [0.2, 0.25) is 0 Å². The fraction of sp³-hybridized carbons (Fsp3) is 0.143. The molecule has 0 aliphatic rings. The molecular formula is C28H25N3O. The van der Waals surface area contributed by atoms with Gasteiger partial charge in [-0.1, -0.05) is 84.9 Å². The van der Waals surface area contributed by atoms with E-state index in [0.29, 0.717) is 6.42 Å². The number of hydrogen-bond donors (Lipinski definition) is 1. The summed E-state index contributed by atoms with van der Waals surface area (Å²) in [5, 5.41) is 5.56. The predicted molar refractivity (Wildman–Crippen MR) is 129 cm³/mol. The van der Waals surface area contributed by atoms with Gasteiger partial charge in [0.2, 0.25) is 5.91 Å². The molecule has 5 aromatic rings. The molecular weight excluding hydrogens is 394 g/mol. The van der Waals surface area contributed by atoms with E-state index in [1.807, 2.05) is 66.1 Å². The number of nitrogens with zero attached hydrogens (tertiary/aromatic N) is 2. The van der Waals surface area contributed by atoms with Crippen LogP contribution in [0.15, 0.2) is 97.1 Å². The quantitative estimate of drug-likeness (QED) is 0.386. The van der Waals surface area contributed by atoms with E-state index in [9.17, 15) is 4.79 Å². The highest BCUT2D eigenvalue weighted by Crippen LogP contribution is 2.24. The smallest absolute Gasteiger partial charge is 0.240 e. The van der Waals surface area contributed by atoms with Crippen LogP contribution in [0, 0.1) is 0 Å². The number of imidazole rings is 1. The summed E-state index contributed by atoms with van der Waals surface area (Å²) in [5.74, 6) is 0.869. The molecule has 1 heterocycles. The first-order valence-electron chi connectivity index (χ1n) is 10.9. The van der Waals surface area contributed by atoms with E-state index in [2.05, 4.69) is 47.8 Å². The first-order valence-corrected chi connectivity index (χ1v) is 10.9. The van der Waals surface area contributed by atoms with E-state index in [0.717, 1.165) is 22.4 Å². The molecule has 4 nitrogen and oxygen atoms in total. The van der Waals surface area contributed by atoms with Gasteiger partial charge in [0, 0.05) is 6.42 Å². The number of amides is 1. The summed E-state index contributed by atoms with van der Waals surface area (Å²) in [6.45, 7) is 2.24. The molecule has 0 fully saturated rings. The molecule has 1 atom stereocenters. The van der Waals surface area contributed by atoms with Crippen molar-refractivity contribution in [2.24, 2.45) is 0 Å². The molecule has 1 N–H and O–H groups in total. The van der Waals surface area contributed by atoms with Gasteiger partial charge in [0.05, 0.1) is 17.1 Å². The minimum atomic E-state index is -0.0556. The van der Waals surface area contributed by atoms with Crippen LogP contribution in [0.1, 0.15) is 29.9 Å². The highest BCUT2D eigenvalue weighted by Gasteiger charge is 2.16. The van der Waals surface area contributed by atoms with Crippen LogP contribution >= 0.6 is 0 Å². The lowest BCUT2D eigenvalue weighted by Gasteiger charge is -2.16. The molecule has 4 aromatic carbocycles. The maximum Gasteiger partial charge on any atom is 0.240 e. The summed E-state index contributed by atoms with van der Waals surface area (Å²) in [6.07, 6.45) is 0.664. The van der Waals surface area contributed by atoms with Crippen molar-refractivity contribution in [3.05, 3.63) is 114 Å². The Balaban J connectivity index is 1.46. The number of carbonyl (C=O) groups excluding carboxylic acids is 1. The Morgan fingerprint density at radius 3 is 2.47 bits per heavy atom. The molecule has 5 rings (SSSR count). The second-order valence-electron chi connectivity index (χ2n) is 8.12. The standard InChI is InChI=1S/C28H25N3O/c1-20(21-10-3-2-4-11-21)29-28(32)19-31-26-17-8-7-16-25(26)30-27(31)18-23-14-9-13-22-12-5-6-15-24(22)23/h2-17,20H,18-19H2,1H3,(H,29,32). The molecule has 158 valence electrons. The Morgan fingerprint density at radius 1 is 0.875 bits per heavy atom. The molecule has 1 aromatic heterocycles. The summed E-state index contributed by atoms with van der Waals surface area (Å²) in [7, 11) is 0. The normalized spacial score (nSPS) is 12.2. The van der Waals surface area contributed by atoms with Crippen molar-refractivity contribution in [3.63, 3.8) is 0 Å². The number of aromatic nitrogens is 2. The van der Waals surface area contributed by atoms with E-state index in [4.69, 9.17) is 4.98 Å². The number of rotatable bonds is 6. The van der Waals surface area contributed by atoms with E-state index >= 15 is 0 Å². The fourth-order valence-corrected chi connectivity index (χ4v) is 4.31. The monoisotopic (exact) mass is 419 g/mol. The first kappa shape index (κ1) is 20.0. The Hall–Kier alpha value is -3.92. The van der Waals surface area contributed by atoms with Gasteiger partial charge in [0.1, 0.15) is 12.4 Å². The van der Waals surface area contributed by atoms with Gasteiger partial charge in [0.25, 0.3) is 0 Å². The van der Waals surface area contributed by atoms with Crippen molar-refractivity contribution >= 4 is 27.7 Å². The Bertz CT molecular complexity index is 1380. The Morgan fingerprint density at radius 2 is 1.59 bits per heavy atom. The first-order chi connectivity index (χ1) is 15.7. The Labute approximate surface area is 187 Å². The van der Waals surface area contributed by atoms with Gasteiger partial charge in [-0.3, -0.25) is 4.79 Å². The molecule has 0 saturated heterocycles. The lowest BCUT2D eigenvalue weighted by molar-refractivity contribution is -0.122. The van der Waals surface area contributed by atoms with Crippen molar-refractivity contribution in [1.82, 2.24) is 14.9 Å². The zero-order valence-electron chi connectivity index (χ0n) is 18.0. The summed E-state index contributed by atoms with van der Waals surface area (Å²) < 4.78 is 2.05. The second-order valence-corrected chi connectivity index (χ2v) is 8.12. The second kappa shape index (κ2) is 8.67. The molecule has 0 aliphatic heterocycles. The largest absolute Gasteiger partial charge is 0.348 e. The fourth-order valence-electron chi connectivity index (χ4n) is 4.31. The third-order valence-electron chi connectivity index (χ3n) is 5.94. The highest BCUT2D eigenvalue weighted by atomic mass is 16.2. The number of hydrogen-bond acceptors (Lipinski definition) is 2. The van der Waals surface area contributed by atoms with Gasteiger partial charge < -0.3 is 9.88 Å². The lowest BCUT2D eigenvalue weighted by atomic mass is 10.0. The van der Waals surface area contributed by atoms with Crippen LogP contribution < -0.4 is 5.32 Å². The molecule has 32 heavy (non-hydrogen) atoms. The highest BCUT2D eigenvalue weighted by molar-refractivity contribution is 5.86. The van der Waals surface area contributed by atoms with Gasteiger partial charge in [-0.2, -0.15) is 0 Å². The topological polar surface area (TPSA) is 46.9 Å². The zero-order chi connectivity index (χ0) is 21.9. The van der Waals surface area contributed by atoms with Gasteiger partial charge in [-0.15, -0.1) is 0 Å². The van der Waals surface area contributed by atoms with Gasteiger partial charge in [-0.05, 0) is 41.0 Å².